The third-order valence-electron chi connectivity index (χ3n) is 8.24. The normalized spacial score (nSPS) is 59.6. The zero-order valence-electron chi connectivity index (χ0n) is 15.8. The molecule has 0 radical (unpaired) electrons. The van der Waals surface area contributed by atoms with Gasteiger partial charge in [0.2, 0.25) is 0 Å². The second-order valence-electron chi connectivity index (χ2n) is 9.36. The number of aliphatic hydroxyl groups excluding tert-OH is 3. The van der Waals surface area contributed by atoms with Crippen molar-refractivity contribution in [2.75, 3.05) is 6.61 Å². The minimum atomic E-state index is -2.17. The van der Waals surface area contributed by atoms with Crippen molar-refractivity contribution in [1.29, 1.82) is 0 Å². The maximum atomic E-state index is 12.4. The van der Waals surface area contributed by atoms with E-state index in [9.17, 15) is 30.0 Å². The van der Waals surface area contributed by atoms with Crippen LogP contribution in [0.3, 0.4) is 0 Å². The van der Waals surface area contributed by atoms with Crippen LogP contribution in [0.5, 0.6) is 0 Å². The van der Waals surface area contributed by atoms with Crippen LogP contribution in [0, 0.1) is 16.7 Å². The Labute approximate surface area is 160 Å². The van der Waals surface area contributed by atoms with Crippen LogP contribution in [0.15, 0.2) is 11.6 Å². The lowest BCUT2D eigenvalue weighted by Crippen LogP contribution is -2.81. The zero-order chi connectivity index (χ0) is 20.4. The molecule has 3 heterocycles. The number of esters is 2. The van der Waals surface area contributed by atoms with E-state index in [2.05, 4.69) is 0 Å². The number of aliphatic hydroxyl groups is 4. The van der Waals surface area contributed by atoms with Gasteiger partial charge in [-0.3, -0.25) is 0 Å². The summed E-state index contributed by atoms with van der Waals surface area (Å²) in [5.41, 5.74) is -5.60. The van der Waals surface area contributed by atoms with Crippen LogP contribution in [0.1, 0.15) is 27.2 Å². The molecule has 5 aliphatic rings. The van der Waals surface area contributed by atoms with Gasteiger partial charge in [-0.05, 0) is 25.8 Å². The second kappa shape index (κ2) is 4.96. The number of rotatable bonds is 1. The Morgan fingerprint density at radius 1 is 1.14 bits per heavy atom. The summed E-state index contributed by atoms with van der Waals surface area (Å²) in [6.45, 7) is 4.78. The topological polar surface area (TPSA) is 143 Å². The highest BCUT2D eigenvalue weighted by molar-refractivity contribution is 5.86. The van der Waals surface area contributed by atoms with Crippen LogP contribution in [0.25, 0.3) is 0 Å². The third-order valence-corrected chi connectivity index (χ3v) is 8.24. The molecule has 0 amide bonds. The molecule has 0 aromatic carbocycles. The molecule has 4 fully saturated rings. The molecule has 2 saturated carbocycles. The maximum absolute atomic E-state index is 12.4. The highest BCUT2D eigenvalue weighted by atomic mass is 16.6. The van der Waals surface area contributed by atoms with Crippen LogP contribution in [0.2, 0.25) is 0 Å². The van der Waals surface area contributed by atoms with Gasteiger partial charge in [-0.1, -0.05) is 6.92 Å². The fraction of sp³-hybridized carbons (Fsp3) is 0.789. The van der Waals surface area contributed by atoms with Gasteiger partial charge >= 0.3 is 11.9 Å². The maximum Gasteiger partial charge on any atom is 0.338 e. The van der Waals surface area contributed by atoms with Crippen LogP contribution < -0.4 is 0 Å². The lowest BCUT2D eigenvalue weighted by molar-refractivity contribution is -0.313. The summed E-state index contributed by atoms with van der Waals surface area (Å²) in [6, 6.07) is 0. The summed E-state index contributed by atoms with van der Waals surface area (Å²) in [4.78, 5) is 24.3. The monoisotopic (exact) mass is 396 g/mol. The Hall–Kier alpha value is -1.52. The molecule has 2 bridgehead atoms. The molecule has 9 heteroatoms. The van der Waals surface area contributed by atoms with Gasteiger partial charge in [0.25, 0.3) is 0 Å². The van der Waals surface area contributed by atoms with Gasteiger partial charge in [-0.15, -0.1) is 0 Å². The highest BCUT2D eigenvalue weighted by Crippen LogP contribution is 2.74. The number of carbonyl (C=O) groups is 2. The number of ether oxygens (including phenoxy) is 3. The highest BCUT2D eigenvalue weighted by Gasteiger charge is 2.89. The molecule has 0 aromatic heterocycles. The standard InChI is InChI=1S/C19H24O9/c1-7-4-9(20)28-14(7)16(2)5-8-18-6-26-17(3,12(22)10(21)11(16)18)19(18,25)13(23)15(24)27-8/h4,8,10-14,21-23,25H,5-6H2,1-3H3/t8-,10-,11-,12+,13+,14-,16+,17-,18-,19-/m1/s1. The molecule has 10 atom stereocenters. The van der Waals surface area contributed by atoms with Gasteiger partial charge in [0.15, 0.2) is 6.10 Å². The van der Waals surface area contributed by atoms with Gasteiger partial charge in [0.1, 0.15) is 29.5 Å². The van der Waals surface area contributed by atoms with Gasteiger partial charge in [0, 0.05) is 17.4 Å². The molecule has 0 aromatic rings. The Bertz CT molecular complexity index is 824. The lowest BCUT2D eigenvalue weighted by atomic mass is 9.47. The summed E-state index contributed by atoms with van der Waals surface area (Å²) >= 11 is 0. The number of cyclic esters (lactones) is 1. The third kappa shape index (κ3) is 1.58. The molecular weight excluding hydrogens is 372 g/mol. The number of hydrogen-bond donors (Lipinski definition) is 4. The van der Waals surface area contributed by atoms with Crippen LogP contribution in [0.4, 0.5) is 0 Å². The molecule has 1 spiro atoms. The first-order chi connectivity index (χ1) is 12.9. The van der Waals surface area contributed by atoms with Gasteiger partial charge in [-0.2, -0.15) is 0 Å². The molecule has 2 aliphatic carbocycles. The van der Waals surface area contributed by atoms with Crippen LogP contribution in [-0.2, 0) is 23.8 Å². The van der Waals surface area contributed by atoms with E-state index in [1.807, 2.05) is 0 Å². The van der Waals surface area contributed by atoms with E-state index in [1.54, 1.807) is 13.8 Å². The number of carbonyl (C=O) groups excluding carboxylic acids is 2. The van der Waals surface area contributed by atoms with Crippen molar-refractivity contribution in [3.63, 3.8) is 0 Å². The summed E-state index contributed by atoms with van der Waals surface area (Å²) < 4.78 is 16.8. The van der Waals surface area contributed by atoms with Crippen molar-refractivity contribution in [3.8, 4) is 0 Å². The predicted octanol–water partition coefficient (Wildman–Crippen LogP) is -1.59. The average Bonchev–Trinajstić information content (AvgIpc) is 3.16. The van der Waals surface area contributed by atoms with E-state index >= 15 is 0 Å². The SMILES string of the molecule is CC1=CC(=O)O[C@H]1[C@@]1(C)C[C@H]2OC(=O)[C@H](O)[C@]3(O)[C@]24CO[C@]3(C)[C@@H](O)[C@H](O)[C@H]14. The lowest BCUT2D eigenvalue weighted by Gasteiger charge is -2.61. The Balaban J connectivity index is 1.75. The molecule has 0 unspecified atom stereocenters. The van der Waals surface area contributed by atoms with E-state index in [0.29, 0.717) is 5.57 Å². The Kier molecular flexibility index (Phi) is 3.28. The first kappa shape index (κ1) is 18.5. The first-order valence-corrected chi connectivity index (χ1v) is 9.45. The zero-order valence-corrected chi connectivity index (χ0v) is 15.8. The predicted molar refractivity (Wildman–Crippen MR) is 89.5 cm³/mol. The minimum absolute atomic E-state index is 0.118. The molecule has 154 valence electrons. The summed E-state index contributed by atoms with van der Waals surface area (Å²) in [7, 11) is 0. The Morgan fingerprint density at radius 2 is 1.82 bits per heavy atom. The smallest absolute Gasteiger partial charge is 0.338 e. The quantitative estimate of drug-likeness (QED) is 0.386. The first-order valence-electron chi connectivity index (χ1n) is 9.45. The van der Waals surface area contributed by atoms with Gasteiger partial charge in [0.05, 0.1) is 18.1 Å². The minimum Gasteiger partial charge on any atom is -0.460 e. The fourth-order valence-corrected chi connectivity index (χ4v) is 7.11. The second-order valence-corrected chi connectivity index (χ2v) is 9.36. The van der Waals surface area contributed by atoms with E-state index in [-0.39, 0.29) is 13.0 Å². The van der Waals surface area contributed by atoms with Crippen molar-refractivity contribution in [3.05, 3.63) is 11.6 Å². The molecule has 4 N–H and O–H groups in total. The van der Waals surface area contributed by atoms with E-state index in [4.69, 9.17) is 14.2 Å². The van der Waals surface area contributed by atoms with Crippen molar-refractivity contribution in [1.82, 2.24) is 0 Å². The molecule has 5 rings (SSSR count). The average molecular weight is 396 g/mol. The molecule has 2 saturated heterocycles. The fourth-order valence-electron chi connectivity index (χ4n) is 7.11. The summed E-state index contributed by atoms with van der Waals surface area (Å²) in [5, 5.41) is 44.5. The number of hydrogen-bond acceptors (Lipinski definition) is 9. The van der Waals surface area contributed by atoms with E-state index in [0.717, 1.165) is 0 Å². The van der Waals surface area contributed by atoms with Crippen LogP contribution in [-0.4, -0.2) is 80.7 Å². The summed E-state index contributed by atoms with van der Waals surface area (Å²) in [6.07, 6.45) is -4.92. The molecular formula is C19H24O9. The molecule has 9 nitrogen and oxygen atoms in total. The van der Waals surface area contributed by atoms with Crippen molar-refractivity contribution >= 4 is 11.9 Å². The molecule has 28 heavy (non-hydrogen) atoms. The van der Waals surface area contributed by atoms with Crippen molar-refractivity contribution < 1.29 is 44.2 Å². The van der Waals surface area contributed by atoms with E-state index in [1.165, 1.54) is 13.0 Å². The van der Waals surface area contributed by atoms with E-state index < -0.39 is 70.4 Å². The molecule has 3 aliphatic heterocycles. The summed E-state index contributed by atoms with van der Waals surface area (Å²) in [5.74, 6) is -2.37. The Morgan fingerprint density at radius 3 is 2.43 bits per heavy atom. The van der Waals surface area contributed by atoms with Gasteiger partial charge in [-0.25, -0.2) is 9.59 Å². The van der Waals surface area contributed by atoms with Crippen molar-refractivity contribution in [2.24, 2.45) is 16.7 Å². The van der Waals surface area contributed by atoms with Gasteiger partial charge < -0.3 is 34.6 Å². The van der Waals surface area contributed by atoms with Crippen molar-refractivity contribution in [2.45, 2.75) is 68.9 Å². The van der Waals surface area contributed by atoms with Crippen LogP contribution >= 0.6 is 0 Å². The largest absolute Gasteiger partial charge is 0.460 e.